The Morgan fingerprint density at radius 1 is 0.865 bits per heavy atom. The molecule has 0 atom stereocenters. The van der Waals surface area contributed by atoms with Gasteiger partial charge in [0.05, 0.1) is 35.0 Å². The van der Waals surface area contributed by atoms with E-state index in [1.54, 1.807) is 31.2 Å². The maximum atomic E-state index is 11.8. The third kappa shape index (κ3) is 5.30. The summed E-state index contributed by atoms with van der Waals surface area (Å²) in [4.78, 5) is 41.1. The summed E-state index contributed by atoms with van der Waals surface area (Å²) < 4.78 is 15.3. The largest absolute Gasteiger partial charge is 1.00 e. The third-order valence-electron chi connectivity index (χ3n) is 5.51. The van der Waals surface area contributed by atoms with E-state index in [0.29, 0.717) is 33.1 Å². The molecule has 0 aliphatic rings. The number of aromatic amines is 2. The standard InChI is InChI=1S/C14H11NO4.C12H9NO3.Al.Li.4H/c1-2-18-14(17)10-7-9-12(15-10)8-5-3-4-6-11(8)19-13(9)16;14-6-7-5-9-11(13-7)8-3-1-2-4-10(8)16-12(9)15;;;;;;/h3-7,15H,2H2,1H3;1-5,13-14H,6H2;;;;;;/q;;;+1;;;;-1. The maximum absolute atomic E-state index is 11.8. The Morgan fingerprint density at radius 2 is 1.38 bits per heavy atom. The molecule has 37 heavy (non-hydrogen) atoms. The van der Waals surface area contributed by atoms with Crippen molar-refractivity contribution in [1.82, 2.24) is 9.97 Å². The molecule has 4 heterocycles. The van der Waals surface area contributed by atoms with Crippen molar-refractivity contribution in [2.45, 2.75) is 13.5 Å². The molecule has 6 rings (SSSR count). The van der Waals surface area contributed by atoms with Gasteiger partial charge in [0.2, 0.25) is 0 Å². The molecule has 0 saturated heterocycles. The van der Waals surface area contributed by atoms with Gasteiger partial charge >= 0.3 is 36.1 Å². The Morgan fingerprint density at radius 3 is 1.92 bits per heavy atom. The van der Waals surface area contributed by atoms with Gasteiger partial charge in [-0.05, 0) is 43.3 Å². The number of hydrogen-bond acceptors (Lipinski definition) is 7. The number of carbonyl (C=O) groups excluding carboxylic acids is 1. The van der Waals surface area contributed by atoms with E-state index in [1.165, 1.54) is 6.07 Å². The number of H-pyrrole nitrogens is 2. The summed E-state index contributed by atoms with van der Waals surface area (Å²) in [6, 6.07) is 17.5. The van der Waals surface area contributed by atoms with Crippen molar-refractivity contribution in [2.24, 2.45) is 0 Å². The number of carbonyl (C=O) groups is 1. The van der Waals surface area contributed by atoms with Crippen molar-refractivity contribution < 1.29 is 43.8 Å². The molecule has 3 N–H and O–H groups in total. The first-order chi connectivity index (χ1) is 17.0. The summed E-state index contributed by atoms with van der Waals surface area (Å²) >= 11 is 0. The van der Waals surface area contributed by atoms with Crippen LogP contribution in [0.1, 0.15) is 24.5 Å². The van der Waals surface area contributed by atoms with Crippen molar-refractivity contribution in [3.63, 3.8) is 0 Å². The number of benzene rings is 2. The van der Waals surface area contributed by atoms with Crippen LogP contribution in [0.25, 0.3) is 43.7 Å². The minimum Gasteiger partial charge on any atom is -1.00 e. The van der Waals surface area contributed by atoms with Gasteiger partial charge in [0, 0.05) is 16.5 Å². The summed E-state index contributed by atoms with van der Waals surface area (Å²) in [6.07, 6.45) is 0. The summed E-state index contributed by atoms with van der Waals surface area (Å²) in [5.74, 6) is -0.484. The molecule has 6 aromatic rings. The second-order valence-corrected chi connectivity index (χ2v) is 7.70. The number of nitrogens with one attached hydrogen (secondary N) is 2. The Labute approximate surface area is 233 Å². The fourth-order valence-electron chi connectivity index (χ4n) is 3.95. The molecule has 0 aliphatic heterocycles. The molecular formula is C26H24AlLiN2O7. The van der Waals surface area contributed by atoms with Gasteiger partial charge in [0.1, 0.15) is 16.9 Å². The fourth-order valence-corrected chi connectivity index (χ4v) is 3.95. The van der Waals surface area contributed by atoms with Gasteiger partial charge in [-0.3, -0.25) is 0 Å². The van der Waals surface area contributed by atoms with Gasteiger partial charge < -0.3 is 30.1 Å². The van der Waals surface area contributed by atoms with Gasteiger partial charge in [-0.15, -0.1) is 0 Å². The number of para-hydroxylation sites is 2. The van der Waals surface area contributed by atoms with Crippen LogP contribution in [0.2, 0.25) is 0 Å². The van der Waals surface area contributed by atoms with E-state index >= 15 is 0 Å². The summed E-state index contributed by atoms with van der Waals surface area (Å²) in [5, 5.41) is 11.5. The van der Waals surface area contributed by atoms with Gasteiger partial charge in [-0.1, -0.05) is 24.3 Å². The van der Waals surface area contributed by atoms with E-state index in [1.807, 2.05) is 30.3 Å². The normalized spacial score (nSPS) is 10.5. The average molecular weight is 510 g/mol. The zero-order chi connectivity index (χ0) is 24.5. The van der Waals surface area contributed by atoms with E-state index in [-0.39, 0.29) is 62.2 Å². The predicted octanol–water partition coefficient (Wildman–Crippen LogP) is 0.150. The molecule has 11 heteroatoms. The minimum absolute atomic E-state index is 0. The monoisotopic (exact) mass is 510 g/mol. The number of hydrogen-bond donors (Lipinski definition) is 3. The van der Waals surface area contributed by atoms with Crippen LogP contribution in [0.4, 0.5) is 0 Å². The molecule has 0 amide bonds. The van der Waals surface area contributed by atoms with Crippen LogP contribution in [0.3, 0.4) is 0 Å². The first kappa shape index (κ1) is 28.1. The number of rotatable bonds is 3. The first-order valence-electron chi connectivity index (χ1n) is 10.9. The van der Waals surface area contributed by atoms with Crippen LogP contribution >= 0.6 is 0 Å². The average Bonchev–Trinajstić information content (AvgIpc) is 3.51. The molecule has 0 spiro atoms. The molecule has 0 unspecified atom stereocenters. The van der Waals surface area contributed by atoms with E-state index < -0.39 is 11.6 Å². The Kier molecular flexibility index (Phi) is 8.88. The van der Waals surface area contributed by atoms with Crippen LogP contribution < -0.4 is 30.1 Å². The molecule has 0 radical (unpaired) electrons. The van der Waals surface area contributed by atoms with E-state index in [2.05, 4.69) is 9.97 Å². The van der Waals surface area contributed by atoms with Gasteiger partial charge in [-0.25, -0.2) is 14.4 Å². The Hall–Kier alpha value is -3.50. The molecule has 9 nitrogen and oxygen atoms in total. The second kappa shape index (κ2) is 11.7. The minimum atomic E-state index is -0.484. The molecule has 0 saturated carbocycles. The third-order valence-corrected chi connectivity index (χ3v) is 5.51. The number of aliphatic hydroxyl groups excluding tert-OH is 1. The first-order valence-corrected chi connectivity index (χ1v) is 10.9. The van der Waals surface area contributed by atoms with Gasteiger partial charge in [-0.2, -0.15) is 0 Å². The van der Waals surface area contributed by atoms with Crippen molar-refractivity contribution >= 4 is 67.1 Å². The van der Waals surface area contributed by atoms with Crippen LogP contribution in [0, 0.1) is 0 Å². The zero-order valence-corrected chi connectivity index (χ0v) is 19.6. The van der Waals surface area contributed by atoms with E-state index in [0.717, 1.165) is 16.3 Å². The molecular weight excluding hydrogens is 486 g/mol. The molecule has 2 aromatic carbocycles. The number of aromatic nitrogens is 2. The number of aliphatic hydroxyl groups is 1. The van der Waals surface area contributed by atoms with E-state index in [4.69, 9.17) is 18.7 Å². The van der Waals surface area contributed by atoms with Crippen molar-refractivity contribution in [2.75, 3.05) is 6.61 Å². The van der Waals surface area contributed by atoms with Crippen molar-refractivity contribution in [1.29, 1.82) is 0 Å². The Balaban J connectivity index is 0.000000250. The Bertz CT molecular complexity index is 1840. The molecule has 0 fully saturated rings. The summed E-state index contributed by atoms with van der Waals surface area (Å²) in [7, 11) is 0. The van der Waals surface area contributed by atoms with Gasteiger partial charge in [0.25, 0.3) is 0 Å². The fraction of sp³-hybridized carbons (Fsp3) is 0.115. The van der Waals surface area contributed by atoms with Crippen LogP contribution in [-0.4, -0.2) is 45.0 Å². The zero-order valence-electron chi connectivity index (χ0n) is 20.6. The van der Waals surface area contributed by atoms with Crippen LogP contribution in [-0.2, 0) is 11.3 Å². The smallest absolute Gasteiger partial charge is 1.00 e. The predicted molar refractivity (Wildman–Crippen MR) is 142 cm³/mol. The van der Waals surface area contributed by atoms with Crippen molar-refractivity contribution in [3.8, 4) is 0 Å². The van der Waals surface area contributed by atoms with Gasteiger partial charge in [0.15, 0.2) is 17.4 Å². The summed E-state index contributed by atoms with van der Waals surface area (Å²) in [5.41, 5.74) is 2.35. The topological polar surface area (TPSA) is 139 Å². The number of esters is 1. The molecule has 0 aliphatic carbocycles. The molecule has 184 valence electrons. The molecule has 0 bridgehead atoms. The van der Waals surface area contributed by atoms with Crippen LogP contribution in [0.5, 0.6) is 0 Å². The quantitative estimate of drug-likeness (QED) is 0.175. The maximum Gasteiger partial charge on any atom is 1.00 e. The SMILES string of the molecule is CCOC(=O)c1cc2c(=O)oc3ccccc3c2[nH]1.O=c1oc2ccccc2c2[nH]c(CO)cc12.[AlH3].[H-].[Li+]. The number of ether oxygens (including phenoxy) is 1. The molecule has 4 aromatic heterocycles. The summed E-state index contributed by atoms with van der Waals surface area (Å²) in [6.45, 7) is 1.89. The van der Waals surface area contributed by atoms with Crippen LogP contribution in [0.15, 0.2) is 79.1 Å². The van der Waals surface area contributed by atoms with E-state index in [9.17, 15) is 14.4 Å². The number of fused-ring (bicyclic) bond motifs is 6. The second-order valence-electron chi connectivity index (χ2n) is 7.70. The van der Waals surface area contributed by atoms with Crippen molar-refractivity contribution in [3.05, 3.63) is 92.9 Å².